The van der Waals surface area contributed by atoms with Gasteiger partial charge in [0.15, 0.2) is 30.8 Å². The lowest BCUT2D eigenvalue weighted by Gasteiger charge is -2.44. The highest BCUT2D eigenvalue weighted by molar-refractivity contribution is 7.61. The predicted molar refractivity (Wildman–Crippen MR) is 292 cm³/mol. The SMILES string of the molecule is COC(=O)[C@@H](C)NC(=O)[C@@H](C)NC(=O)[C@H](CCCCNC(=O)C(F)(F)F)NC(=O)CC[C@@H](NC(=O)[C@H](C)NC(=O)[C@@H](C)OO[C@@H]1[C@@H](NC(C)=O)[C@@H](OP(=O)(O)OP(=O)(O)OC[C@H]2O[C@@H](n3ccc(=O)[nH]c3=O)[C@H](O)[C@@H]2O)O[C@H](COC(C)=O)[C@H]1OC(C)=O)C(=O)OC. The van der Waals surface area contributed by atoms with Gasteiger partial charge in [-0.1, -0.05) is 0 Å². The van der Waals surface area contributed by atoms with Gasteiger partial charge < -0.3 is 85.6 Å². The number of phosphoric acid groups is 2. The van der Waals surface area contributed by atoms with Gasteiger partial charge in [-0.25, -0.2) is 33.3 Å². The van der Waals surface area contributed by atoms with Crippen molar-refractivity contribution in [3.63, 3.8) is 0 Å². The largest absolute Gasteiger partial charge is 0.483 e. The van der Waals surface area contributed by atoms with Crippen LogP contribution in [0.5, 0.6) is 0 Å². The van der Waals surface area contributed by atoms with E-state index in [2.05, 4.69) is 40.9 Å². The van der Waals surface area contributed by atoms with E-state index in [4.69, 9.17) is 42.5 Å². The van der Waals surface area contributed by atoms with Crippen molar-refractivity contribution in [2.75, 3.05) is 34.0 Å². The average Bonchev–Trinajstić information content (AvgIpc) is 1.10. The molecule has 1 aromatic rings. The molecular weight excluding hydrogens is 1300 g/mol. The number of amides is 7. The highest BCUT2D eigenvalue weighted by atomic mass is 31.3. The summed E-state index contributed by atoms with van der Waals surface area (Å²) in [5.74, 6) is -12.4. The Labute approximate surface area is 518 Å². The molecule has 7 amide bonds. The molecule has 0 spiro atoms. The van der Waals surface area contributed by atoms with Crippen LogP contribution in [0.1, 0.15) is 86.8 Å². The van der Waals surface area contributed by atoms with Gasteiger partial charge in [0, 0.05) is 46.0 Å². The van der Waals surface area contributed by atoms with E-state index in [1.807, 2.05) is 4.98 Å². The smallest absolute Gasteiger partial charge is 0.467 e. The van der Waals surface area contributed by atoms with Gasteiger partial charge in [0.25, 0.3) is 11.5 Å². The Hall–Kier alpha value is -7.34. The number of hydrogen-bond acceptors (Lipinski definition) is 28. The van der Waals surface area contributed by atoms with Crippen LogP contribution in [0.15, 0.2) is 21.9 Å². The number of phosphoric ester groups is 2. The molecular formula is C48H72F3N9O30P2. The highest BCUT2D eigenvalue weighted by Gasteiger charge is 2.54. The van der Waals surface area contributed by atoms with Crippen LogP contribution in [0, 0.1) is 0 Å². The van der Waals surface area contributed by atoms with E-state index in [9.17, 15) is 105 Å². The molecule has 0 bridgehead atoms. The van der Waals surface area contributed by atoms with Crippen molar-refractivity contribution in [3.05, 3.63) is 33.1 Å². The summed E-state index contributed by atoms with van der Waals surface area (Å²) in [6.45, 7) is 4.64. The molecule has 2 aliphatic rings. The summed E-state index contributed by atoms with van der Waals surface area (Å²) in [7, 11) is -9.98. The number of alkyl halides is 3. The zero-order valence-electron chi connectivity index (χ0n) is 50.4. The van der Waals surface area contributed by atoms with Crippen molar-refractivity contribution in [2.24, 2.45) is 0 Å². The number of H-pyrrole nitrogens is 1. The summed E-state index contributed by atoms with van der Waals surface area (Å²) in [5, 5.41) is 36.4. The number of methoxy groups -OCH3 is 2. The fourth-order valence-corrected chi connectivity index (χ4v) is 10.3. The standard InChI is InChI=1S/C48H72F3N9O30P2/c1-20(38(68)55-22(3)43(72)80-8)54-41(71)27(12-10-11-16-52-46(74)48(49,50)51)57-31(64)14-13-28(44(73)81-9)58-39(69)21(2)53-40(70)23(4)87-88-37-33(56-24(5)61)45(86-30(18-82-25(6)62)36(37)84-26(7)63)89-92(78,79)90-91(76,77)83-19-29-34(66)35(67)42(85-29)60-17-15-32(65)59-47(60)75/h15,17,20-23,27-30,33-37,42,45,66-67H,10-14,16,18-19H2,1-9H3,(H,52,74)(H,53,70)(H,54,71)(H,55,68)(H,56,61)(H,57,64)(H,58,69)(H,76,77)(H,78,79)(H,59,65,75)/t20-,21+,22-,23-,27+,28-,29-,30-,33-,34-,35-,36-,37-,42-,45-/m1/s1. The first-order chi connectivity index (χ1) is 42.7. The molecule has 92 heavy (non-hydrogen) atoms. The lowest BCUT2D eigenvalue weighted by molar-refractivity contribution is -0.385. The quantitative estimate of drug-likeness (QED) is 0.00770. The Morgan fingerprint density at radius 1 is 0.717 bits per heavy atom. The second kappa shape index (κ2) is 35.6. The van der Waals surface area contributed by atoms with E-state index in [0.717, 1.165) is 61.1 Å². The molecule has 12 N–H and O–H groups in total. The molecule has 2 fully saturated rings. The van der Waals surface area contributed by atoms with Gasteiger partial charge in [0.2, 0.25) is 29.5 Å². The number of aromatic amines is 1. The Kier molecular flexibility index (Phi) is 30.6. The van der Waals surface area contributed by atoms with Crippen LogP contribution in [0.2, 0.25) is 0 Å². The predicted octanol–water partition coefficient (Wildman–Crippen LogP) is -4.71. The van der Waals surface area contributed by atoms with E-state index >= 15 is 0 Å². The Morgan fingerprint density at radius 3 is 1.90 bits per heavy atom. The van der Waals surface area contributed by atoms with E-state index in [1.165, 1.54) is 13.8 Å². The third kappa shape index (κ3) is 25.3. The number of hydrogen-bond donors (Lipinski definition) is 12. The van der Waals surface area contributed by atoms with Gasteiger partial charge in [-0.2, -0.15) is 17.5 Å². The molecule has 0 aromatic carbocycles. The van der Waals surface area contributed by atoms with E-state index < -0.39 is 222 Å². The molecule has 1 aromatic heterocycles. The number of carbonyl (C=O) groups excluding carboxylic acids is 11. The van der Waals surface area contributed by atoms with Gasteiger partial charge in [-0.05, 0) is 53.4 Å². The second-order valence-electron chi connectivity index (χ2n) is 20.1. The molecule has 2 saturated heterocycles. The summed E-state index contributed by atoms with van der Waals surface area (Å²) >= 11 is 0. The number of aromatic nitrogens is 2. The van der Waals surface area contributed by atoms with Gasteiger partial charge in [0.05, 0.1) is 20.8 Å². The summed E-state index contributed by atoms with van der Waals surface area (Å²) in [6.07, 6.45) is -23.5. The maximum atomic E-state index is 13.5. The van der Waals surface area contributed by atoms with Gasteiger partial charge in [-0.3, -0.25) is 66.5 Å². The Bertz CT molecular complexity index is 3030. The molecule has 520 valence electrons. The molecule has 17 atom stereocenters. The number of rotatable bonds is 34. The minimum atomic E-state index is -6.08. The molecule has 3 heterocycles. The minimum absolute atomic E-state index is 0.0912. The number of nitrogens with zero attached hydrogens (tertiary/aromatic N) is 1. The molecule has 44 heteroatoms. The van der Waals surface area contributed by atoms with E-state index in [-0.39, 0.29) is 19.3 Å². The van der Waals surface area contributed by atoms with Crippen molar-refractivity contribution >= 4 is 80.9 Å². The zero-order valence-corrected chi connectivity index (χ0v) is 52.1. The normalized spacial score (nSPS) is 23.7. The van der Waals surface area contributed by atoms with Gasteiger partial charge in [-0.15, -0.1) is 0 Å². The topological polar surface area (TPSA) is 543 Å². The number of ether oxygens (including phenoxy) is 6. The van der Waals surface area contributed by atoms with Crippen molar-refractivity contribution < 1.29 is 147 Å². The van der Waals surface area contributed by atoms with Crippen LogP contribution in [0.3, 0.4) is 0 Å². The number of aliphatic hydroxyl groups excluding tert-OH is 2. The summed E-state index contributed by atoms with van der Waals surface area (Å²) < 4.78 is 110. The highest BCUT2D eigenvalue weighted by Crippen LogP contribution is 2.61. The monoisotopic (exact) mass is 1370 g/mol. The third-order valence-electron chi connectivity index (χ3n) is 12.8. The summed E-state index contributed by atoms with van der Waals surface area (Å²) in [6, 6.07) is -8.46. The average molecular weight is 1370 g/mol. The molecule has 2 aliphatic heterocycles. The summed E-state index contributed by atoms with van der Waals surface area (Å²) in [4.78, 5) is 197. The molecule has 2 unspecified atom stereocenters. The number of nitrogens with one attached hydrogen (secondary N) is 8. The van der Waals surface area contributed by atoms with Crippen molar-refractivity contribution in [3.8, 4) is 0 Å². The molecule has 0 aliphatic carbocycles. The number of halogens is 3. The second-order valence-corrected chi connectivity index (χ2v) is 23.1. The minimum Gasteiger partial charge on any atom is -0.467 e. The lowest BCUT2D eigenvalue weighted by Crippen LogP contribution is -2.66. The van der Waals surface area contributed by atoms with Crippen LogP contribution in [-0.2, 0) is 113 Å². The number of esters is 4. The fourth-order valence-electron chi connectivity index (χ4n) is 8.18. The van der Waals surface area contributed by atoms with E-state index in [1.54, 1.807) is 5.32 Å². The number of unbranched alkanes of at least 4 members (excludes halogenated alkanes) is 1. The molecule has 0 saturated carbocycles. The lowest BCUT2D eigenvalue weighted by atomic mass is 9.96. The molecule has 3 rings (SSSR count). The first-order valence-corrected chi connectivity index (χ1v) is 30.3. The van der Waals surface area contributed by atoms with E-state index in [0.29, 0.717) is 4.57 Å². The number of aliphatic hydroxyl groups is 2. The van der Waals surface area contributed by atoms with Crippen molar-refractivity contribution in [2.45, 2.75) is 178 Å². The van der Waals surface area contributed by atoms with Crippen LogP contribution in [-0.4, -0.2) is 220 Å². The maximum Gasteiger partial charge on any atom is 0.483 e. The van der Waals surface area contributed by atoms with Crippen molar-refractivity contribution in [1.82, 2.24) is 46.8 Å². The van der Waals surface area contributed by atoms with Crippen molar-refractivity contribution in [1.29, 1.82) is 0 Å². The fraction of sp³-hybridized carbons (Fsp3) is 0.688. The first kappa shape index (κ1) is 78.9. The molecule has 0 radical (unpaired) electrons. The van der Waals surface area contributed by atoms with Gasteiger partial charge >= 0.3 is 57.3 Å². The van der Waals surface area contributed by atoms with Crippen LogP contribution < -0.4 is 48.5 Å². The Balaban J connectivity index is 1.77. The molecule has 39 nitrogen and oxygen atoms in total. The Morgan fingerprint density at radius 2 is 1.33 bits per heavy atom. The van der Waals surface area contributed by atoms with Crippen LogP contribution >= 0.6 is 15.6 Å². The van der Waals surface area contributed by atoms with Crippen LogP contribution in [0.4, 0.5) is 13.2 Å². The third-order valence-corrected chi connectivity index (χ3v) is 15.4. The summed E-state index contributed by atoms with van der Waals surface area (Å²) in [5.41, 5.74) is -1.93. The number of carbonyl (C=O) groups is 11. The maximum absolute atomic E-state index is 13.5. The first-order valence-electron chi connectivity index (χ1n) is 27.3. The van der Waals surface area contributed by atoms with Gasteiger partial charge in [0.1, 0.15) is 67.3 Å². The van der Waals surface area contributed by atoms with Crippen LogP contribution in [0.25, 0.3) is 0 Å². The zero-order chi connectivity index (χ0) is 69.7.